The lowest BCUT2D eigenvalue weighted by Gasteiger charge is -2.59. The van der Waals surface area contributed by atoms with Gasteiger partial charge in [-0.15, -0.1) is 6.58 Å². The summed E-state index contributed by atoms with van der Waals surface area (Å²) < 4.78 is 16.7. The Hall–Kier alpha value is -1.86. The number of ether oxygens (including phenoxy) is 3. The molecule has 0 spiro atoms. The van der Waals surface area contributed by atoms with Crippen LogP contribution in [0.5, 0.6) is 0 Å². The smallest absolute Gasteiger partial charge is 0.333 e. The maximum atomic E-state index is 12.2. The number of aliphatic hydroxyl groups is 5. The molecule has 0 aromatic rings. The molecule has 0 unspecified atom stereocenters. The van der Waals surface area contributed by atoms with Gasteiger partial charge in [-0.2, -0.15) is 0 Å². The Balaban J connectivity index is 1.99. The molecule has 2 saturated heterocycles. The molecule has 11 nitrogen and oxygen atoms in total. The Kier molecular flexibility index (Phi) is 7.11. The van der Waals surface area contributed by atoms with Crippen LogP contribution in [-0.2, 0) is 23.8 Å². The summed E-state index contributed by atoms with van der Waals surface area (Å²) in [5, 5.41) is 61.6. The molecule has 2 fully saturated rings. The molecule has 0 aromatic heterocycles. The van der Waals surface area contributed by atoms with E-state index in [1.54, 1.807) is 0 Å². The van der Waals surface area contributed by atoms with Crippen molar-refractivity contribution < 1.29 is 54.4 Å². The first kappa shape index (κ1) is 24.8. The van der Waals surface area contributed by atoms with Crippen molar-refractivity contribution in [1.29, 1.82) is 0 Å². The fourth-order valence-electron chi connectivity index (χ4n) is 5.07. The van der Waals surface area contributed by atoms with Gasteiger partial charge in [0.05, 0.1) is 26.2 Å². The zero-order chi connectivity index (χ0) is 23.8. The molecule has 3 aliphatic rings. The normalized spacial score (nSPS) is 43.8. The van der Waals surface area contributed by atoms with Crippen molar-refractivity contribution in [1.82, 2.24) is 0 Å². The first-order chi connectivity index (χ1) is 15.1. The van der Waals surface area contributed by atoms with E-state index in [1.807, 2.05) is 0 Å². The van der Waals surface area contributed by atoms with E-state index >= 15 is 0 Å². The van der Waals surface area contributed by atoms with Crippen LogP contribution in [0, 0.1) is 11.8 Å². The molecule has 11 heteroatoms. The third-order valence-electron chi connectivity index (χ3n) is 6.82. The molecule has 6 N–H and O–H groups in total. The van der Waals surface area contributed by atoms with Gasteiger partial charge in [0.25, 0.3) is 0 Å². The minimum Gasteiger partial charge on any atom is -0.481 e. The van der Waals surface area contributed by atoms with E-state index < -0.39 is 78.7 Å². The van der Waals surface area contributed by atoms with E-state index in [-0.39, 0.29) is 24.8 Å². The topological polar surface area (TPSA) is 183 Å². The highest BCUT2D eigenvalue weighted by Crippen LogP contribution is 2.49. The number of aliphatic hydroxyl groups excluding tert-OH is 5. The fraction of sp³-hybridized carbons (Fsp3) is 0.714. The van der Waals surface area contributed by atoms with Crippen LogP contribution in [0.2, 0.25) is 0 Å². The lowest BCUT2D eigenvalue weighted by Crippen LogP contribution is -2.77. The van der Waals surface area contributed by atoms with Crippen LogP contribution in [0.25, 0.3) is 0 Å². The minimum absolute atomic E-state index is 0.00427. The van der Waals surface area contributed by atoms with Crippen LogP contribution >= 0.6 is 0 Å². The predicted octanol–water partition coefficient (Wildman–Crippen LogP) is -1.54. The van der Waals surface area contributed by atoms with Gasteiger partial charge in [0.1, 0.15) is 30.0 Å². The van der Waals surface area contributed by atoms with E-state index in [9.17, 15) is 40.2 Å². The summed E-state index contributed by atoms with van der Waals surface area (Å²) in [6.45, 7) is 3.03. The first-order valence-electron chi connectivity index (χ1n) is 10.4. The lowest BCUT2D eigenvalue weighted by atomic mass is 9.72. The van der Waals surface area contributed by atoms with Crippen molar-refractivity contribution in [2.24, 2.45) is 11.8 Å². The molecule has 0 amide bonds. The number of esters is 1. The van der Waals surface area contributed by atoms with Gasteiger partial charge >= 0.3 is 11.9 Å². The summed E-state index contributed by atoms with van der Waals surface area (Å²) in [4.78, 5) is 23.7. The van der Waals surface area contributed by atoms with Crippen LogP contribution in [0.4, 0.5) is 0 Å². The summed E-state index contributed by atoms with van der Waals surface area (Å²) in [5.41, 5.74) is -1.52. The van der Waals surface area contributed by atoms with Crippen LogP contribution in [0.15, 0.2) is 24.3 Å². The van der Waals surface area contributed by atoms with Crippen molar-refractivity contribution in [2.75, 3.05) is 13.7 Å². The molecule has 2 bridgehead atoms. The number of hydrogen-bond acceptors (Lipinski definition) is 10. The number of hydrogen-bond donors (Lipinski definition) is 6. The van der Waals surface area contributed by atoms with Crippen molar-refractivity contribution in [2.45, 2.75) is 67.6 Å². The molecule has 0 radical (unpaired) electrons. The molecule has 9 atom stereocenters. The number of carboxylic acid groups (broad SMARTS) is 1. The molecule has 1 aliphatic carbocycles. The van der Waals surface area contributed by atoms with Gasteiger partial charge in [0.2, 0.25) is 5.79 Å². The molecular formula is C21H30O11. The number of rotatable bonds is 7. The average Bonchev–Trinajstić information content (AvgIpc) is 2.77. The van der Waals surface area contributed by atoms with Gasteiger partial charge < -0.3 is 44.8 Å². The predicted molar refractivity (Wildman–Crippen MR) is 106 cm³/mol. The van der Waals surface area contributed by atoms with Crippen molar-refractivity contribution >= 4 is 11.9 Å². The summed E-state index contributed by atoms with van der Waals surface area (Å²) in [5.74, 6) is -5.68. The number of methoxy groups -OCH3 is 1. The van der Waals surface area contributed by atoms with Crippen LogP contribution in [-0.4, -0.2) is 98.2 Å². The Morgan fingerprint density at radius 1 is 1.28 bits per heavy atom. The largest absolute Gasteiger partial charge is 0.481 e. The standard InChI is InChI=1S/C21H30O11/c1-3-10-12(8-15(24)25)11(19(29)30-2)4-5-13(10)31-21-14(23)6-7-20(9-22,32-21)17(27)16(26)18(21)28/h3-4,10,12-14,16-18,22-23,26-28H,1,5-9H2,2H3,(H,24,25)/t10-,12+,13-,14-,16+,17+,18-,20-,21-/m1/s1. The highest BCUT2D eigenvalue weighted by atomic mass is 16.7. The Bertz CT molecular complexity index is 782. The summed E-state index contributed by atoms with van der Waals surface area (Å²) in [7, 11) is 1.18. The van der Waals surface area contributed by atoms with Crippen molar-refractivity contribution in [3.63, 3.8) is 0 Å². The van der Waals surface area contributed by atoms with E-state index in [4.69, 9.17) is 14.2 Å². The highest BCUT2D eigenvalue weighted by Gasteiger charge is 2.67. The molecule has 3 rings (SSSR count). The van der Waals surface area contributed by atoms with E-state index in [0.29, 0.717) is 0 Å². The molecule has 0 saturated carbocycles. The maximum Gasteiger partial charge on any atom is 0.333 e. The number of fused-ring (bicyclic) bond motifs is 2. The maximum absolute atomic E-state index is 12.2. The average molecular weight is 458 g/mol. The zero-order valence-corrected chi connectivity index (χ0v) is 17.7. The zero-order valence-electron chi connectivity index (χ0n) is 17.7. The monoisotopic (exact) mass is 458 g/mol. The number of carbonyl (C=O) groups excluding carboxylic acids is 1. The van der Waals surface area contributed by atoms with Crippen LogP contribution in [0.3, 0.4) is 0 Å². The van der Waals surface area contributed by atoms with Gasteiger partial charge in [-0.1, -0.05) is 12.2 Å². The van der Waals surface area contributed by atoms with E-state index in [2.05, 4.69) is 6.58 Å². The Morgan fingerprint density at radius 3 is 2.53 bits per heavy atom. The number of carbonyl (C=O) groups is 2. The molecular weight excluding hydrogens is 428 g/mol. The summed E-state index contributed by atoms with van der Waals surface area (Å²) >= 11 is 0. The molecule has 2 aliphatic heterocycles. The fourth-order valence-corrected chi connectivity index (χ4v) is 5.07. The first-order valence-corrected chi connectivity index (χ1v) is 10.4. The molecule has 180 valence electrons. The Labute approximate surface area is 184 Å². The summed E-state index contributed by atoms with van der Waals surface area (Å²) in [6.07, 6.45) is -5.10. The van der Waals surface area contributed by atoms with Crippen molar-refractivity contribution in [3.05, 3.63) is 24.3 Å². The highest BCUT2D eigenvalue weighted by molar-refractivity contribution is 5.90. The lowest BCUT2D eigenvalue weighted by molar-refractivity contribution is -0.444. The second-order valence-corrected chi connectivity index (χ2v) is 8.54. The second-order valence-electron chi connectivity index (χ2n) is 8.54. The van der Waals surface area contributed by atoms with Crippen LogP contribution < -0.4 is 0 Å². The third kappa shape index (κ3) is 3.87. The van der Waals surface area contributed by atoms with Gasteiger partial charge in [-0.25, -0.2) is 4.79 Å². The van der Waals surface area contributed by atoms with Gasteiger partial charge in [-0.3, -0.25) is 4.79 Å². The number of aliphatic carboxylic acids is 1. The second kappa shape index (κ2) is 9.18. The Morgan fingerprint density at radius 2 is 1.97 bits per heavy atom. The van der Waals surface area contributed by atoms with Gasteiger partial charge in [0.15, 0.2) is 0 Å². The third-order valence-corrected chi connectivity index (χ3v) is 6.82. The SMILES string of the molecule is C=C[C@@H]1[C@H](CC(=O)O)C(C(=O)OC)=CC[C@H]1O[C@@]12O[C@@](CO)(CC[C@H]1O)[C@@H](O)[C@H](O)[C@H]2O. The van der Waals surface area contributed by atoms with E-state index in [0.717, 1.165) is 0 Å². The van der Waals surface area contributed by atoms with Gasteiger partial charge in [0, 0.05) is 17.4 Å². The van der Waals surface area contributed by atoms with E-state index in [1.165, 1.54) is 19.3 Å². The van der Waals surface area contributed by atoms with Crippen molar-refractivity contribution in [3.8, 4) is 0 Å². The quantitative estimate of drug-likeness (QED) is 0.192. The molecule has 2 heterocycles. The molecule has 0 aromatic carbocycles. The summed E-state index contributed by atoms with van der Waals surface area (Å²) in [6, 6.07) is 0. The molecule has 32 heavy (non-hydrogen) atoms. The van der Waals surface area contributed by atoms with Gasteiger partial charge in [-0.05, 0) is 19.3 Å². The van der Waals surface area contributed by atoms with Crippen LogP contribution in [0.1, 0.15) is 25.7 Å². The number of carboxylic acids is 1. The minimum atomic E-state index is -2.20.